The average molecular weight is 293 g/mol. The molecule has 2 rings (SSSR count). The summed E-state index contributed by atoms with van der Waals surface area (Å²) < 4.78 is 0. The van der Waals surface area contributed by atoms with Crippen molar-refractivity contribution < 1.29 is 5.11 Å². The molecule has 0 saturated carbocycles. The van der Waals surface area contributed by atoms with Crippen molar-refractivity contribution in [2.45, 2.75) is 32.4 Å². The lowest BCUT2D eigenvalue weighted by molar-refractivity contribution is 0.0907. The van der Waals surface area contributed by atoms with Gasteiger partial charge < -0.3 is 15.3 Å². The Balaban J connectivity index is 1.62. The molecule has 1 aromatic heterocycles. The monoisotopic (exact) mass is 293 g/mol. The Morgan fingerprint density at radius 2 is 2.30 bits per heavy atom. The fourth-order valence-electron chi connectivity index (χ4n) is 2.50. The van der Waals surface area contributed by atoms with E-state index in [9.17, 15) is 5.11 Å². The van der Waals surface area contributed by atoms with Gasteiger partial charge in [0.1, 0.15) is 6.07 Å². The van der Waals surface area contributed by atoms with Crippen LogP contribution >= 0.6 is 11.3 Å². The minimum Gasteiger partial charge on any atom is -0.390 e. The zero-order valence-corrected chi connectivity index (χ0v) is 12.8. The van der Waals surface area contributed by atoms with Crippen LogP contribution in [0.15, 0.2) is 11.4 Å². The Bertz CT molecular complexity index is 446. The SMILES string of the molecule is CC1CCN(CC(O)CNCc2cc(C#N)cs2)CC1. The smallest absolute Gasteiger partial charge is 0.100 e. The molecule has 0 radical (unpaired) electrons. The van der Waals surface area contributed by atoms with Crippen molar-refractivity contribution in [1.82, 2.24) is 10.2 Å². The molecule has 0 amide bonds. The van der Waals surface area contributed by atoms with Crippen LogP contribution in [-0.2, 0) is 6.54 Å². The Morgan fingerprint density at radius 1 is 1.55 bits per heavy atom. The number of aliphatic hydroxyl groups is 1. The van der Waals surface area contributed by atoms with Gasteiger partial charge in [-0.05, 0) is 37.9 Å². The summed E-state index contributed by atoms with van der Waals surface area (Å²) in [6.45, 7) is 6.59. The topological polar surface area (TPSA) is 59.3 Å². The molecule has 1 aliphatic rings. The number of nitriles is 1. The Hall–Kier alpha value is -0.930. The summed E-state index contributed by atoms with van der Waals surface area (Å²) in [6, 6.07) is 4.03. The third kappa shape index (κ3) is 4.88. The minimum atomic E-state index is -0.321. The van der Waals surface area contributed by atoms with Gasteiger partial charge in [-0.1, -0.05) is 6.92 Å². The average Bonchev–Trinajstić information content (AvgIpc) is 2.89. The number of nitrogens with zero attached hydrogens (tertiary/aromatic N) is 2. The van der Waals surface area contributed by atoms with Crippen LogP contribution < -0.4 is 5.32 Å². The quantitative estimate of drug-likeness (QED) is 0.840. The Kier molecular flexibility index (Phi) is 5.99. The molecule has 1 unspecified atom stereocenters. The highest BCUT2D eigenvalue weighted by Gasteiger charge is 2.17. The number of hydrogen-bond acceptors (Lipinski definition) is 5. The first-order chi connectivity index (χ1) is 9.67. The van der Waals surface area contributed by atoms with Crippen LogP contribution in [0.4, 0.5) is 0 Å². The Labute approximate surface area is 125 Å². The highest BCUT2D eigenvalue weighted by Crippen LogP contribution is 2.16. The molecule has 1 saturated heterocycles. The van der Waals surface area contributed by atoms with Gasteiger partial charge in [-0.25, -0.2) is 0 Å². The second-order valence-electron chi connectivity index (χ2n) is 5.68. The molecule has 0 aliphatic carbocycles. The maximum Gasteiger partial charge on any atom is 0.100 e. The molecule has 1 aromatic rings. The highest BCUT2D eigenvalue weighted by atomic mass is 32.1. The highest BCUT2D eigenvalue weighted by molar-refractivity contribution is 7.10. The largest absolute Gasteiger partial charge is 0.390 e. The molecule has 0 spiro atoms. The number of β-amino-alcohol motifs (C(OH)–C–C–N with tert-alkyl or cyclic N) is 1. The van der Waals surface area contributed by atoms with Crippen LogP contribution in [0.5, 0.6) is 0 Å². The van der Waals surface area contributed by atoms with Gasteiger partial charge >= 0.3 is 0 Å². The lowest BCUT2D eigenvalue weighted by Crippen LogP contribution is -2.41. The molecule has 2 heterocycles. The van der Waals surface area contributed by atoms with E-state index >= 15 is 0 Å². The molecule has 4 nitrogen and oxygen atoms in total. The minimum absolute atomic E-state index is 0.321. The number of hydrogen-bond donors (Lipinski definition) is 2. The third-order valence-corrected chi connectivity index (χ3v) is 4.74. The van der Waals surface area contributed by atoms with Gasteiger partial charge in [0, 0.05) is 29.9 Å². The van der Waals surface area contributed by atoms with Gasteiger partial charge in [0.2, 0.25) is 0 Å². The van der Waals surface area contributed by atoms with Crippen molar-refractivity contribution in [3.63, 3.8) is 0 Å². The fraction of sp³-hybridized carbons (Fsp3) is 0.667. The van der Waals surface area contributed by atoms with Gasteiger partial charge in [0.25, 0.3) is 0 Å². The van der Waals surface area contributed by atoms with E-state index in [1.54, 1.807) is 11.3 Å². The van der Waals surface area contributed by atoms with Crippen LogP contribution in [0.1, 0.15) is 30.2 Å². The fourth-order valence-corrected chi connectivity index (χ4v) is 3.28. The number of aliphatic hydroxyl groups excluding tert-OH is 1. The van der Waals surface area contributed by atoms with E-state index in [-0.39, 0.29) is 6.10 Å². The standard InChI is InChI=1S/C15H23N3OS/c1-12-2-4-18(5-3-12)10-14(19)8-17-9-15-6-13(7-16)11-20-15/h6,11-12,14,17,19H,2-5,8-10H2,1H3. The number of piperidine rings is 1. The van der Waals surface area contributed by atoms with E-state index in [1.807, 2.05) is 11.4 Å². The molecule has 20 heavy (non-hydrogen) atoms. The summed E-state index contributed by atoms with van der Waals surface area (Å²) in [4.78, 5) is 3.49. The van der Waals surface area contributed by atoms with Crippen LogP contribution in [0.3, 0.4) is 0 Å². The molecule has 1 aliphatic heterocycles. The zero-order valence-electron chi connectivity index (χ0n) is 12.0. The maximum absolute atomic E-state index is 10.0. The van der Waals surface area contributed by atoms with Crippen LogP contribution in [0.25, 0.3) is 0 Å². The first-order valence-electron chi connectivity index (χ1n) is 7.26. The van der Waals surface area contributed by atoms with Crippen molar-refractivity contribution in [2.24, 2.45) is 5.92 Å². The van der Waals surface area contributed by atoms with E-state index in [2.05, 4.69) is 23.2 Å². The van der Waals surface area contributed by atoms with Gasteiger partial charge in [-0.2, -0.15) is 5.26 Å². The first kappa shape index (κ1) is 15.5. The van der Waals surface area contributed by atoms with E-state index in [1.165, 1.54) is 12.8 Å². The number of likely N-dealkylation sites (tertiary alicyclic amines) is 1. The predicted molar refractivity (Wildman–Crippen MR) is 81.6 cm³/mol. The molecule has 1 atom stereocenters. The first-order valence-corrected chi connectivity index (χ1v) is 8.14. The third-order valence-electron chi connectivity index (χ3n) is 3.81. The van der Waals surface area contributed by atoms with Crippen LogP contribution in [0.2, 0.25) is 0 Å². The number of rotatable bonds is 6. The van der Waals surface area contributed by atoms with E-state index in [0.29, 0.717) is 6.54 Å². The summed E-state index contributed by atoms with van der Waals surface area (Å²) in [7, 11) is 0. The van der Waals surface area contributed by atoms with Gasteiger partial charge in [0.05, 0.1) is 11.7 Å². The summed E-state index contributed by atoms with van der Waals surface area (Å²) >= 11 is 1.58. The molecular weight excluding hydrogens is 270 g/mol. The van der Waals surface area contributed by atoms with E-state index < -0.39 is 0 Å². The summed E-state index contributed by atoms with van der Waals surface area (Å²) in [5.41, 5.74) is 0.717. The maximum atomic E-state index is 10.0. The lowest BCUT2D eigenvalue weighted by atomic mass is 9.99. The number of nitrogens with one attached hydrogen (secondary N) is 1. The van der Waals surface area contributed by atoms with Gasteiger partial charge in [-0.3, -0.25) is 0 Å². The second kappa shape index (κ2) is 7.75. The molecule has 1 fully saturated rings. The van der Waals surface area contributed by atoms with Crippen LogP contribution in [-0.4, -0.2) is 42.3 Å². The molecule has 110 valence electrons. The van der Waals surface area contributed by atoms with Crippen molar-refractivity contribution in [3.05, 3.63) is 21.9 Å². The normalized spacial score (nSPS) is 18.9. The molecule has 0 aromatic carbocycles. The second-order valence-corrected chi connectivity index (χ2v) is 6.68. The van der Waals surface area contributed by atoms with Crippen molar-refractivity contribution in [1.29, 1.82) is 5.26 Å². The molecular formula is C15H23N3OS. The molecule has 0 bridgehead atoms. The molecule has 5 heteroatoms. The van der Waals surface area contributed by atoms with E-state index in [4.69, 9.17) is 5.26 Å². The van der Waals surface area contributed by atoms with Gasteiger partial charge in [0.15, 0.2) is 0 Å². The zero-order chi connectivity index (χ0) is 14.4. The van der Waals surface area contributed by atoms with Crippen molar-refractivity contribution >= 4 is 11.3 Å². The summed E-state index contributed by atoms with van der Waals surface area (Å²) in [6.07, 6.45) is 2.16. The van der Waals surface area contributed by atoms with Crippen LogP contribution in [0, 0.1) is 17.2 Å². The van der Waals surface area contributed by atoms with Crippen molar-refractivity contribution in [2.75, 3.05) is 26.2 Å². The van der Waals surface area contributed by atoms with Crippen molar-refractivity contribution in [3.8, 4) is 6.07 Å². The van der Waals surface area contributed by atoms with E-state index in [0.717, 1.165) is 42.5 Å². The molecule has 2 N–H and O–H groups in total. The lowest BCUT2D eigenvalue weighted by Gasteiger charge is -2.31. The predicted octanol–water partition coefficient (Wildman–Crippen LogP) is 1.80. The summed E-state index contributed by atoms with van der Waals surface area (Å²) in [5, 5.41) is 23.9. The van der Waals surface area contributed by atoms with Gasteiger partial charge in [-0.15, -0.1) is 11.3 Å². The Morgan fingerprint density at radius 3 is 2.95 bits per heavy atom. The number of thiophene rings is 1. The summed E-state index contributed by atoms with van der Waals surface area (Å²) in [5.74, 6) is 0.828.